The largest absolute Gasteiger partial charge is 0.381 e. The maximum Gasteiger partial charge on any atom is 0.270 e. The first-order valence-corrected chi connectivity index (χ1v) is 6.39. The molecule has 1 N–H and O–H groups in total. The first-order valence-electron chi connectivity index (χ1n) is 6.39. The molecule has 5 nitrogen and oxygen atoms in total. The van der Waals surface area contributed by atoms with Gasteiger partial charge in [0.05, 0.1) is 16.2 Å². The molecule has 0 bridgehead atoms. The van der Waals surface area contributed by atoms with E-state index >= 15 is 0 Å². The van der Waals surface area contributed by atoms with Crippen molar-refractivity contribution in [1.29, 1.82) is 5.26 Å². The second-order valence-electron chi connectivity index (χ2n) is 5.68. The Balaban J connectivity index is 2.26. The van der Waals surface area contributed by atoms with Crippen LogP contribution in [0.4, 0.5) is 11.4 Å². The van der Waals surface area contributed by atoms with Crippen LogP contribution in [0.1, 0.15) is 38.7 Å². The smallest absolute Gasteiger partial charge is 0.270 e. The number of nitriles is 1. The minimum atomic E-state index is -0.482. The summed E-state index contributed by atoms with van der Waals surface area (Å²) in [6.45, 7) is 4.41. The number of nitro groups is 1. The van der Waals surface area contributed by atoms with Gasteiger partial charge in [-0.3, -0.25) is 10.1 Å². The first kappa shape index (κ1) is 13.3. The van der Waals surface area contributed by atoms with Crippen LogP contribution in [0.15, 0.2) is 18.2 Å². The third-order valence-electron chi connectivity index (χ3n) is 3.92. The van der Waals surface area contributed by atoms with Gasteiger partial charge >= 0.3 is 0 Å². The molecule has 0 heterocycles. The number of nitro benzene ring substituents is 1. The Labute approximate surface area is 112 Å². The van der Waals surface area contributed by atoms with Gasteiger partial charge in [0.1, 0.15) is 6.07 Å². The van der Waals surface area contributed by atoms with Crippen molar-refractivity contribution in [2.75, 3.05) is 5.32 Å². The Morgan fingerprint density at radius 2 is 2.26 bits per heavy atom. The molecule has 5 heteroatoms. The van der Waals surface area contributed by atoms with E-state index < -0.39 is 4.92 Å². The van der Waals surface area contributed by atoms with Gasteiger partial charge in [-0.1, -0.05) is 20.3 Å². The van der Waals surface area contributed by atoms with Crippen LogP contribution in [0.5, 0.6) is 0 Å². The second kappa shape index (κ2) is 4.88. The van der Waals surface area contributed by atoms with Crippen molar-refractivity contribution in [2.45, 2.75) is 39.2 Å². The highest BCUT2D eigenvalue weighted by Gasteiger charge is 2.34. The fourth-order valence-electron chi connectivity index (χ4n) is 2.65. The van der Waals surface area contributed by atoms with Crippen molar-refractivity contribution in [1.82, 2.24) is 0 Å². The van der Waals surface area contributed by atoms with Crippen LogP contribution in [-0.4, -0.2) is 11.0 Å². The van der Waals surface area contributed by atoms with Crippen molar-refractivity contribution in [3.8, 4) is 6.07 Å². The molecule has 1 atom stereocenters. The molecule has 100 valence electrons. The summed E-state index contributed by atoms with van der Waals surface area (Å²) >= 11 is 0. The normalized spacial score (nSPS) is 20.8. The summed E-state index contributed by atoms with van der Waals surface area (Å²) in [6.07, 6.45) is 3.38. The summed E-state index contributed by atoms with van der Waals surface area (Å²) in [5.74, 6) is 0. The van der Waals surface area contributed by atoms with Gasteiger partial charge in [-0.05, 0) is 24.3 Å². The van der Waals surface area contributed by atoms with Gasteiger partial charge in [-0.2, -0.15) is 5.26 Å². The summed E-state index contributed by atoms with van der Waals surface area (Å²) in [5, 5.41) is 23.2. The Hall–Kier alpha value is -2.09. The summed E-state index contributed by atoms with van der Waals surface area (Å²) in [6, 6.07) is 6.72. The molecule has 0 amide bonds. The number of non-ortho nitro benzene ring substituents is 1. The Morgan fingerprint density at radius 1 is 1.53 bits per heavy atom. The highest BCUT2D eigenvalue weighted by molar-refractivity contribution is 5.62. The Kier molecular flexibility index (Phi) is 3.43. The monoisotopic (exact) mass is 259 g/mol. The fraction of sp³-hybridized carbons (Fsp3) is 0.500. The molecular weight excluding hydrogens is 242 g/mol. The zero-order valence-corrected chi connectivity index (χ0v) is 11.1. The molecule has 0 saturated heterocycles. The lowest BCUT2D eigenvalue weighted by Gasteiger charge is -2.29. The lowest BCUT2D eigenvalue weighted by atomic mass is 9.87. The van der Waals surface area contributed by atoms with E-state index in [9.17, 15) is 10.1 Å². The average molecular weight is 259 g/mol. The van der Waals surface area contributed by atoms with Crippen molar-refractivity contribution >= 4 is 11.4 Å². The van der Waals surface area contributed by atoms with E-state index in [-0.39, 0.29) is 11.1 Å². The van der Waals surface area contributed by atoms with E-state index in [2.05, 4.69) is 19.2 Å². The minimum Gasteiger partial charge on any atom is -0.381 e. The lowest BCUT2D eigenvalue weighted by Crippen LogP contribution is -2.31. The molecule has 1 aliphatic rings. The molecule has 1 aromatic rings. The summed E-state index contributed by atoms with van der Waals surface area (Å²) in [5.41, 5.74) is 1.16. The molecule has 1 unspecified atom stereocenters. The highest BCUT2D eigenvalue weighted by Crippen LogP contribution is 2.39. The molecule has 0 spiro atoms. The van der Waals surface area contributed by atoms with E-state index in [4.69, 9.17) is 5.26 Å². The zero-order valence-electron chi connectivity index (χ0n) is 11.1. The number of hydrogen-bond acceptors (Lipinski definition) is 4. The molecule has 0 radical (unpaired) electrons. The van der Waals surface area contributed by atoms with Gasteiger partial charge in [-0.25, -0.2) is 0 Å². The van der Waals surface area contributed by atoms with Gasteiger partial charge in [0.15, 0.2) is 0 Å². The van der Waals surface area contributed by atoms with Gasteiger partial charge in [0.2, 0.25) is 0 Å². The predicted molar refractivity (Wildman–Crippen MR) is 72.9 cm³/mol. The van der Waals surface area contributed by atoms with Crippen LogP contribution < -0.4 is 5.32 Å². The second-order valence-corrected chi connectivity index (χ2v) is 5.68. The number of nitrogens with one attached hydrogen (secondary N) is 1. The number of nitrogens with zero attached hydrogens (tertiary/aromatic N) is 2. The van der Waals surface area contributed by atoms with Gasteiger partial charge in [0, 0.05) is 18.2 Å². The number of anilines is 1. The third-order valence-corrected chi connectivity index (χ3v) is 3.92. The van der Waals surface area contributed by atoms with E-state index in [0.717, 1.165) is 12.8 Å². The minimum absolute atomic E-state index is 0.0483. The van der Waals surface area contributed by atoms with Crippen LogP contribution in [-0.2, 0) is 0 Å². The molecule has 1 aliphatic carbocycles. The zero-order chi connectivity index (χ0) is 14.0. The Bertz CT molecular complexity index is 546. The van der Waals surface area contributed by atoms with Crippen molar-refractivity contribution in [3.05, 3.63) is 33.9 Å². The number of hydrogen-bond donors (Lipinski definition) is 1. The molecule has 1 aromatic carbocycles. The van der Waals surface area contributed by atoms with Crippen LogP contribution in [0.2, 0.25) is 0 Å². The first-order chi connectivity index (χ1) is 8.94. The topological polar surface area (TPSA) is 79.0 Å². The molecule has 19 heavy (non-hydrogen) atoms. The summed E-state index contributed by atoms with van der Waals surface area (Å²) < 4.78 is 0. The predicted octanol–water partition coefficient (Wildman–Crippen LogP) is 3.46. The Morgan fingerprint density at radius 3 is 2.79 bits per heavy atom. The van der Waals surface area contributed by atoms with Gasteiger partial charge < -0.3 is 5.32 Å². The number of benzene rings is 1. The SMILES string of the molecule is CC1(C)CCCC1Nc1ccc([N+](=O)[O-])cc1C#N. The maximum atomic E-state index is 10.7. The van der Waals surface area contributed by atoms with Crippen LogP contribution >= 0.6 is 0 Å². The fourth-order valence-corrected chi connectivity index (χ4v) is 2.65. The van der Waals surface area contributed by atoms with Crippen LogP contribution in [0, 0.1) is 26.9 Å². The van der Waals surface area contributed by atoms with Crippen molar-refractivity contribution in [3.63, 3.8) is 0 Å². The summed E-state index contributed by atoms with van der Waals surface area (Å²) in [7, 11) is 0. The molecule has 1 fully saturated rings. The summed E-state index contributed by atoms with van der Waals surface area (Å²) in [4.78, 5) is 10.2. The molecule has 0 aromatic heterocycles. The molecule has 2 rings (SSSR count). The maximum absolute atomic E-state index is 10.7. The van der Waals surface area contributed by atoms with Gasteiger partial charge in [0.25, 0.3) is 5.69 Å². The highest BCUT2D eigenvalue weighted by atomic mass is 16.6. The van der Waals surface area contributed by atoms with E-state index in [1.165, 1.54) is 18.6 Å². The van der Waals surface area contributed by atoms with Crippen molar-refractivity contribution < 1.29 is 4.92 Å². The van der Waals surface area contributed by atoms with E-state index in [0.29, 0.717) is 17.3 Å². The quantitative estimate of drug-likeness (QED) is 0.666. The average Bonchev–Trinajstić information content (AvgIpc) is 2.69. The molecular formula is C14H17N3O2. The van der Waals surface area contributed by atoms with Gasteiger partial charge in [-0.15, -0.1) is 0 Å². The lowest BCUT2D eigenvalue weighted by molar-refractivity contribution is -0.384. The third kappa shape index (κ3) is 2.68. The van der Waals surface area contributed by atoms with Crippen LogP contribution in [0.25, 0.3) is 0 Å². The van der Waals surface area contributed by atoms with E-state index in [1.54, 1.807) is 6.07 Å². The van der Waals surface area contributed by atoms with Crippen molar-refractivity contribution in [2.24, 2.45) is 5.41 Å². The van der Waals surface area contributed by atoms with E-state index in [1.807, 2.05) is 6.07 Å². The standard InChI is InChI=1S/C14H17N3O2/c1-14(2)7-3-4-13(14)16-12-6-5-11(17(18)19)8-10(12)9-15/h5-6,8,13,16H,3-4,7H2,1-2H3. The van der Waals surface area contributed by atoms with Crippen LogP contribution in [0.3, 0.4) is 0 Å². The number of rotatable bonds is 3. The molecule has 1 saturated carbocycles. The molecule has 0 aliphatic heterocycles.